The number of nitrogens with one attached hydrogen (secondary N) is 1. The van der Waals surface area contributed by atoms with Crippen molar-refractivity contribution in [3.63, 3.8) is 0 Å². The number of aryl methyl sites for hydroxylation is 1. The predicted molar refractivity (Wildman–Crippen MR) is 110 cm³/mol. The highest BCUT2D eigenvalue weighted by Crippen LogP contribution is 2.21. The Morgan fingerprint density at radius 3 is 2.38 bits per heavy atom. The van der Waals surface area contributed by atoms with Gasteiger partial charge in [0.25, 0.3) is 0 Å². The minimum Gasteiger partial charge on any atom is -0.349 e. The van der Waals surface area contributed by atoms with Gasteiger partial charge in [-0.05, 0) is 49.9 Å². The van der Waals surface area contributed by atoms with Crippen molar-refractivity contribution in [3.8, 4) is 0 Å². The van der Waals surface area contributed by atoms with Crippen molar-refractivity contribution in [2.75, 3.05) is 13.1 Å². The summed E-state index contributed by atoms with van der Waals surface area (Å²) in [5.74, 6) is -0.517. The van der Waals surface area contributed by atoms with E-state index in [0.29, 0.717) is 30.0 Å². The van der Waals surface area contributed by atoms with Crippen LogP contribution in [0.3, 0.4) is 0 Å². The molecular formula is C22H27FN2O3S. The molecule has 1 unspecified atom stereocenters. The van der Waals surface area contributed by atoms with Crippen LogP contribution in [0.2, 0.25) is 0 Å². The molecule has 5 nitrogen and oxygen atoms in total. The maximum Gasteiger partial charge on any atom is 0.243 e. The first-order valence-electron chi connectivity index (χ1n) is 10.0. The minimum absolute atomic E-state index is 0.175. The van der Waals surface area contributed by atoms with Crippen molar-refractivity contribution in [2.45, 2.75) is 50.0 Å². The van der Waals surface area contributed by atoms with E-state index < -0.39 is 16.1 Å². The highest BCUT2D eigenvalue weighted by molar-refractivity contribution is 7.89. The molecule has 0 radical (unpaired) electrons. The summed E-state index contributed by atoms with van der Waals surface area (Å²) >= 11 is 0. The summed E-state index contributed by atoms with van der Waals surface area (Å²) in [6, 6.07) is 12.7. The number of hydrogen-bond donors (Lipinski definition) is 1. The topological polar surface area (TPSA) is 66.5 Å². The summed E-state index contributed by atoms with van der Waals surface area (Å²) in [7, 11) is -3.44. The fraction of sp³-hybridized carbons (Fsp3) is 0.409. The molecule has 0 aromatic heterocycles. The van der Waals surface area contributed by atoms with Gasteiger partial charge in [-0.3, -0.25) is 4.79 Å². The Hall–Kier alpha value is -2.25. The van der Waals surface area contributed by atoms with Gasteiger partial charge in [0.05, 0.1) is 10.9 Å². The van der Waals surface area contributed by atoms with Crippen LogP contribution in [-0.2, 0) is 21.2 Å². The molecule has 1 atom stereocenters. The van der Waals surface area contributed by atoms with Crippen LogP contribution >= 0.6 is 0 Å². The van der Waals surface area contributed by atoms with E-state index in [0.717, 1.165) is 24.8 Å². The molecule has 2 aromatic rings. The molecule has 2 aromatic carbocycles. The monoisotopic (exact) mass is 418 g/mol. The Bertz CT molecular complexity index is 939. The maximum absolute atomic E-state index is 13.8. The summed E-state index contributed by atoms with van der Waals surface area (Å²) < 4.78 is 40.7. The van der Waals surface area contributed by atoms with Gasteiger partial charge < -0.3 is 5.32 Å². The molecule has 1 heterocycles. The number of benzene rings is 2. The zero-order valence-corrected chi connectivity index (χ0v) is 17.4. The first-order chi connectivity index (χ1) is 13.9. The first-order valence-corrected chi connectivity index (χ1v) is 11.4. The highest BCUT2D eigenvalue weighted by Gasteiger charge is 2.25. The lowest BCUT2D eigenvalue weighted by molar-refractivity contribution is -0.121. The molecule has 1 saturated heterocycles. The quantitative estimate of drug-likeness (QED) is 0.744. The molecule has 3 rings (SSSR count). The second-order valence-corrected chi connectivity index (χ2v) is 9.36. The van der Waals surface area contributed by atoms with E-state index in [9.17, 15) is 17.6 Å². The SMILES string of the molecule is CC(NC(=O)CCc1ccc(S(=O)(=O)N2CCCCC2)cc1)c1ccccc1F. The average Bonchev–Trinajstić information content (AvgIpc) is 2.73. The van der Waals surface area contributed by atoms with Crippen molar-refractivity contribution in [1.29, 1.82) is 0 Å². The highest BCUT2D eigenvalue weighted by atomic mass is 32.2. The number of carbonyl (C=O) groups excluding carboxylic acids is 1. The van der Waals surface area contributed by atoms with Crippen LogP contribution in [0.1, 0.15) is 49.8 Å². The fourth-order valence-corrected chi connectivity index (χ4v) is 5.08. The predicted octanol–water partition coefficient (Wildman–Crippen LogP) is 3.81. The summed E-state index contributed by atoms with van der Waals surface area (Å²) in [6.45, 7) is 2.89. The van der Waals surface area contributed by atoms with Gasteiger partial charge in [-0.15, -0.1) is 0 Å². The number of piperidine rings is 1. The van der Waals surface area contributed by atoms with Crippen LogP contribution in [-0.4, -0.2) is 31.7 Å². The van der Waals surface area contributed by atoms with Gasteiger partial charge in [-0.25, -0.2) is 12.8 Å². The number of carbonyl (C=O) groups is 1. The molecule has 1 fully saturated rings. The molecule has 0 spiro atoms. The van der Waals surface area contributed by atoms with Gasteiger partial charge in [-0.1, -0.05) is 36.8 Å². The molecule has 156 valence electrons. The van der Waals surface area contributed by atoms with Crippen molar-refractivity contribution < 1.29 is 17.6 Å². The second kappa shape index (κ2) is 9.50. The average molecular weight is 419 g/mol. The van der Waals surface area contributed by atoms with E-state index in [1.165, 1.54) is 6.07 Å². The third-order valence-electron chi connectivity index (χ3n) is 5.27. The Kier molecular flexibility index (Phi) is 7.03. The van der Waals surface area contributed by atoms with E-state index in [2.05, 4.69) is 5.32 Å². The Balaban J connectivity index is 1.54. The van der Waals surface area contributed by atoms with Crippen LogP contribution < -0.4 is 5.32 Å². The van der Waals surface area contributed by atoms with Gasteiger partial charge in [0.1, 0.15) is 5.82 Å². The smallest absolute Gasteiger partial charge is 0.243 e. The zero-order valence-electron chi connectivity index (χ0n) is 16.6. The van der Waals surface area contributed by atoms with E-state index in [4.69, 9.17) is 0 Å². The van der Waals surface area contributed by atoms with Crippen molar-refractivity contribution in [2.24, 2.45) is 0 Å². The molecule has 0 bridgehead atoms. The molecule has 29 heavy (non-hydrogen) atoms. The summed E-state index contributed by atoms with van der Waals surface area (Å²) in [5.41, 5.74) is 1.34. The lowest BCUT2D eigenvalue weighted by Gasteiger charge is -2.25. The van der Waals surface area contributed by atoms with Gasteiger partial charge in [0, 0.05) is 25.1 Å². The Labute approximate surface area is 172 Å². The lowest BCUT2D eigenvalue weighted by atomic mass is 10.1. The third kappa shape index (κ3) is 5.42. The normalized spacial score (nSPS) is 16.3. The number of nitrogens with zero attached hydrogens (tertiary/aromatic N) is 1. The van der Waals surface area contributed by atoms with Crippen molar-refractivity contribution in [3.05, 3.63) is 65.5 Å². The largest absolute Gasteiger partial charge is 0.349 e. The number of sulfonamides is 1. The number of halogens is 1. The number of rotatable bonds is 7. The van der Waals surface area contributed by atoms with Crippen molar-refractivity contribution >= 4 is 15.9 Å². The molecule has 1 amide bonds. The first kappa shape index (κ1) is 21.5. The molecule has 1 aliphatic heterocycles. The number of amides is 1. The standard InChI is InChI=1S/C22H27FN2O3S/c1-17(20-7-3-4-8-21(20)23)24-22(26)14-11-18-9-12-19(13-10-18)29(27,28)25-15-5-2-6-16-25/h3-4,7-10,12-13,17H,2,5-6,11,14-16H2,1H3,(H,24,26). The Morgan fingerprint density at radius 2 is 1.72 bits per heavy atom. The molecule has 1 aliphatic rings. The van der Waals surface area contributed by atoms with E-state index in [1.807, 2.05) is 0 Å². The Morgan fingerprint density at radius 1 is 1.07 bits per heavy atom. The molecule has 0 aliphatic carbocycles. The van der Waals surface area contributed by atoms with Gasteiger partial charge in [0.2, 0.25) is 15.9 Å². The lowest BCUT2D eigenvalue weighted by Crippen LogP contribution is -2.35. The summed E-state index contributed by atoms with van der Waals surface area (Å²) in [6.07, 6.45) is 3.61. The summed E-state index contributed by atoms with van der Waals surface area (Å²) in [4.78, 5) is 12.5. The third-order valence-corrected chi connectivity index (χ3v) is 7.18. The van der Waals surface area contributed by atoms with Gasteiger partial charge in [0.15, 0.2) is 0 Å². The van der Waals surface area contributed by atoms with Crippen LogP contribution in [0.25, 0.3) is 0 Å². The van der Waals surface area contributed by atoms with Crippen LogP contribution in [0.5, 0.6) is 0 Å². The minimum atomic E-state index is -3.44. The molecule has 7 heteroatoms. The van der Waals surface area contributed by atoms with E-state index in [1.54, 1.807) is 53.7 Å². The van der Waals surface area contributed by atoms with E-state index in [-0.39, 0.29) is 18.1 Å². The van der Waals surface area contributed by atoms with Gasteiger partial charge in [-0.2, -0.15) is 4.31 Å². The molecule has 1 N–H and O–H groups in total. The fourth-order valence-electron chi connectivity index (χ4n) is 3.56. The van der Waals surface area contributed by atoms with Crippen LogP contribution in [0.15, 0.2) is 53.4 Å². The van der Waals surface area contributed by atoms with Gasteiger partial charge >= 0.3 is 0 Å². The van der Waals surface area contributed by atoms with Crippen LogP contribution in [0, 0.1) is 5.82 Å². The van der Waals surface area contributed by atoms with Crippen LogP contribution in [0.4, 0.5) is 4.39 Å². The zero-order chi connectivity index (χ0) is 20.9. The molecule has 0 saturated carbocycles. The second-order valence-electron chi connectivity index (χ2n) is 7.42. The molecular weight excluding hydrogens is 391 g/mol. The summed E-state index contributed by atoms with van der Waals surface area (Å²) in [5, 5.41) is 2.80. The maximum atomic E-state index is 13.8. The van der Waals surface area contributed by atoms with E-state index >= 15 is 0 Å². The van der Waals surface area contributed by atoms with Crippen molar-refractivity contribution in [1.82, 2.24) is 9.62 Å². The number of hydrogen-bond acceptors (Lipinski definition) is 3.